The number of aliphatic hydroxyl groups is 1. The smallest absolute Gasteiger partial charge is 0.253 e. The van der Waals surface area contributed by atoms with Crippen LogP contribution < -0.4 is 15.4 Å². The molecule has 3 rings (SSSR count). The second-order valence-electron chi connectivity index (χ2n) is 8.17. The first-order chi connectivity index (χ1) is 17.3. The molecule has 1 heterocycles. The van der Waals surface area contributed by atoms with Crippen LogP contribution in [0.4, 0.5) is 5.13 Å². The number of amides is 2. The Balaban J connectivity index is 1.80. The minimum atomic E-state index is -1.40. The highest BCUT2D eigenvalue weighted by atomic mass is 32.1. The fourth-order valence-corrected chi connectivity index (χ4v) is 4.32. The van der Waals surface area contributed by atoms with Crippen molar-refractivity contribution >= 4 is 28.3 Å². The van der Waals surface area contributed by atoms with E-state index in [0.29, 0.717) is 35.6 Å². The molecule has 0 aliphatic carbocycles. The zero-order chi connectivity index (χ0) is 26.1. The van der Waals surface area contributed by atoms with E-state index in [4.69, 9.17) is 4.74 Å². The third-order valence-electron chi connectivity index (χ3n) is 5.26. The lowest BCUT2D eigenvalue weighted by atomic mass is 10.1. The molecule has 1 aromatic heterocycles. The van der Waals surface area contributed by atoms with Crippen LogP contribution in [0.5, 0.6) is 5.75 Å². The summed E-state index contributed by atoms with van der Waals surface area (Å²) in [5.74, 6) is -0.597. The average molecular weight is 505 g/mol. The number of nitrogens with one attached hydrogen (secondary N) is 2. The number of rotatable bonds is 11. The third kappa shape index (κ3) is 6.78. The molecule has 2 atom stereocenters. The van der Waals surface area contributed by atoms with E-state index in [2.05, 4.69) is 28.3 Å². The monoisotopic (exact) mass is 504 g/mol. The lowest BCUT2D eigenvalue weighted by molar-refractivity contribution is -0.131. The van der Waals surface area contributed by atoms with Gasteiger partial charge in [-0.3, -0.25) is 9.59 Å². The van der Waals surface area contributed by atoms with Gasteiger partial charge in [0.2, 0.25) is 5.91 Å². The van der Waals surface area contributed by atoms with Crippen molar-refractivity contribution in [2.75, 3.05) is 5.32 Å². The predicted molar refractivity (Wildman–Crippen MR) is 139 cm³/mol. The molecule has 0 saturated heterocycles. The van der Waals surface area contributed by atoms with Gasteiger partial charge < -0.3 is 20.5 Å². The molecule has 36 heavy (non-hydrogen) atoms. The SMILES string of the molecule is C=C(C)[C@H](O)C(=O)N[C@@H](CCC)C(=O)Nc1nc(C#N)c(-c2ccccc2OCc2ccccc2)s1. The van der Waals surface area contributed by atoms with Crippen molar-refractivity contribution in [1.82, 2.24) is 10.3 Å². The number of carbonyl (C=O) groups excluding carboxylic acids is 2. The van der Waals surface area contributed by atoms with Gasteiger partial charge in [-0.1, -0.05) is 73.7 Å². The van der Waals surface area contributed by atoms with Gasteiger partial charge >= 0.3 is 0 Å². The fraction of sp³-hybridized carbons (Fsp3) is 0.259. The van der Waals surface area contributed by atoms with Crippen molar-refractivity contribution in [2.24, 2.45) is 0 Å². The van der Waals surface area contributed by atoms with E-state index in [-0.39, 0.29) is 16.4 Å². The van der Waals surface area contributed by atoms with Crippen LogP contribution in [0.3, 0.4) is 0 Å². The third-order valence-corrected chi connectivity index (χ3v) is 6.26. The van der Waals surface area contributed by atoms with Gasteiger partial charge in [0.15, 0.2) is 16.9 Å². The van der Waals surface area contributed by atoms with Crippen LogP contribution in [0.25, 0.3) is 10.4 Å². The van der Waals surface area contributed by atoms with Gasteiger partial charge in [-0.15, -0.1) is 0 Å². The van der Waals surface area contributed by atoms with Crippen LogP contribution in [0.2, 0.25) is 0 Å². The highest BCUT2D eigenvalue weighted by molar-refractivity contribution is 7.19. The number of carbonyl (C=O) groups is 2. The molecule has 0 radical (unpaired) electrons. The molecule has 8 nitrogen and oxygen atoms in total. The maximum absolute atomic E-state index is 12.9. The van der Waals surface area contributed by atoms with Crippen LogP contribution in [0.1, 0.15) is 37.9 Å². The number of anilines is 1. The molecule has 0 unspecified atom stereocenters. The van der Waals surface area contributed by atoms with Gasteiger partial charge in [0.1, 0.15) is 24.5 Å². The molecule has 2 amide bonds. The summed E-state index contributed by atoms with van der Waals surface area (Å²) < 4.78 is 6.03. The molecule has 186 valence electrons. The quantitative estimate of drug-likeness (QED) is 0.332. The van der Waals surface area contributed by atoms with E-state index in [9.17, 15) is 20.0 Å². The molecule has 0 aliphatic heterocycles. The number of nitriles is 1. The summed E-state index contributed by atoms with van der Waals surface area (Å²) in [5, 5.41) is 25.1. The Morgan fingerprint density at radius 1 is 1.17 bits per heavy atom. The van der Waals surface area contributed by atoms with Crippen molar-refractivity contribution in [3.63, 3.8) is 0 Å². The second-order valence-corrected chi connectivity index (χ2v) is 9.17. The number of hydrogen-bond donors (Lipinski definition) is 3. The number of hydrogen-bond acceptors (Lipinski definition) is 7. The number of aromatic nitrogens is 1. The standard InChI is InChI=1S/C27H28N4O4S/c1-4-10-20(29-26(34)23(32)17(2)3)25(33)31-27-30-21(15-28)24(36-27)19-13-8-9-14-22(19)35-16-18-11-6-5-7-12-18/h5-9,11-14,20,23,32H,2,4,10,16H2,1,3H3,(H,29,34)(H,30,31,33)/t20-,23-/m0/s1. The maximum atomic E-state index is 12.9. The van der Waals surface area contributed by atoms with Crippen molar-refractivity contribution in [2.45, 2.75) is 45.4 Å². The van der Waals surface area contributed by atoms with E-state index in [0.717, 1.165) is 16.9 Å². The zero-order valence-electron chi connectivity index (χ0n) is 20.2. The number of para-hydroxylation sites is 1. The van der Waals surface area contributed by atoms with Gasteiger partial charge in [0.05, 0.1) is 4.88 Å². The van der Waals surface area contributed by atoms with Gasteiger partial charge in [-0.25, -0.2) is 4.98 Å². The summed E-state index contributed by atoms with van der Waals surface area (Å²) >= 11 is 1.15. The molecule has 0 bridgehead atoms. The minimum absolute atomic E-state index is 0.153. The van der Waals surface area contributed by atoms with Gasteiger partial charge in [-0.2, -0.15) is 5.26 Å². The summed E-state index contributed by atoms with van der Waals surface area (Å²) in [7, 11) is 0. The van der Waals surface area contributed by atoms with Crippen LogP contribution >= 0.6 is 11.3 Å². The molecule has 0 spiro atoms. The summed E-state index contributed by atoms with van der Waals surface area (Å²) in [5.41, 5.74) is 2.12. The number of thiazole rings is 1. The predicted octanol–water partition coefficient (Wildman–Crippen LogP) is 4.42. The van der Waals surface area contributed by atoms with Crippen LogP contribution in [0.15, 0.2) is 66.7 Å². The number of benzene rings is 2. The second kappa shape index (κ2) is 12.6. The Morgan fingerprint density at radius 2 is 1.86 bits per heavy atom. The van der Waals surface area contributed by atoms with Crippen molar-refractivity contribution in [3.05, 3.63) is 78.0 Å². The summed E-state index contributed by atoms with van der Waals surface area (Å²) in [6.07, 6.45) is -0.415. The largest absolute Gasteiger partial charge is 0.488 e. The zero-order valence-corrected chi connectivity index (χ0v) is 21.0. The maximum Gasteiger partial charge on any atom is 0.253 e. The van der Waals surface area contributed by atoms with Gasteiger partial charge in [-0.05, 0) is 36.6 Å². The van der Waals surface area contributed by atoms with E-state index in [1.807, 2.05) is 61.5 Å². The van der Waals surface area contributed by atoms with E-state index >= 15 is 0 Å². The van der Waals surface area contributed by atoms with Crippen LogP contribution in [-0.4, -0.2) is 34.1 Å². The summed E-state index contributed by atoms with van der Waals surface area (Å²) in [4.78, 5) is 30.0. The average Bonchev–Trinajstić information content (AvgIpc) is 3.29. The molecule has 0 fully saturated rings. The van der Waals surface area contributed by atoms with Crippen molar-refractivity contribution in [3.8, 4) is 22.3 Å². The number of nitrogens with zero attached hydrogens (tertiary/aromatic N) is 2. The Hall–Kier alpha value is -4.00. The van der Waals surface area contributed by atoms with Gasteiger partial charge in [0.25, 0.3) is 5.91 Å². The first-order valence-electron chi connectivity index (χ1n) is 11.5. The van der Waals surface area contributed by atoms with Gasteiger partial charge in [0, 0.05) is 5.56 Å². The molecule has 9 heteroatoms. The highest BCUT2D eigenvalue weighted by Gasteiger charge is 2.26. The highest BCUT2D eigenvalue weighted by Crippen LogP contribution is 2.38. The molecule has 0 aliphatic rings. The normalized spacial score (nSPS) is 12.2. The molecular weight excluding hydrogens is 476 g/mol. The number of aliphatic hydroxyl groups excluding tert-OH is 1. The van der Waals surface area contributed by atoms with Crippen LogP contribution in [-0.2, 0) is 16.2 Å². The number of ether oxygens (including phenoxy) is 1. The minimum Gasteiger partial charge on any atom is -0.488 e. The fourth-order valence-electron chi connectivity index (χ4n) is 3.37. The van der Waals surface area contributed by atoms with E-state index in [1.54, 1.807) is 0 Å². The lowest BCUT2D eigenvalue weighted by Gasteiger charge is -2.19. The van der Waals surface area contributed by atoms with E-state index < -0.39 is 24.0 Å². The first kappa shape index (κ1) is 26.6. The summed E-state index contributed by atoms with van der Waals surface area (Å²) in [6.45, 7) is 7.33. The first-order valence-corrected chi connectivity index (χ1v) is 12.3. The van der Waals surface area contributed by atoms with E-state index in [1.165, 1.54) is 6.92 Å². The molecule has 0 saturated carbocycles. The van der Waals surface area contributed by atoms with Crippen LogP contribution in [0, 0.1) is 11.3 Å². The molecular formula is C27H28N4O4S. The van der Waals surface area contributed by atoms with Crippen molar-refractivity contribution < 1.29 is 19.4 Å². The summed E-state index contributed by atoms with van der Waals surface area (Å²) in [6, 6.07) is 18.3. The Morgan fingerprint density at radius 3 is 2.53 bits per heavy atom. The Bertz CT molecular complexity index is 1270. The van der Waals surface area contributed by atoms with Crippen molar-refractivity contribution in [1.29, 1.82) is 5.26 Å². The Kier molecular flexibility index (Phi) is 9.33. The lowest BCUT2D eigenvalue weighted by Crippen LogP contribution is -2.47. The Labute approximate surface area is 214 Å². The topological polar surface area (TPSA) is 124 Å². The molecule has 2 aromatic carbocycles. The molecule has 3 aromatic rings. The molecule has 3 N–H and O–H groups in total.